The predicted octanol–water partition coefficient (Wildman–Crippen LogP) is 1.47. The normalized spacial score (nSPS) is 15.1. The topological polar surface area (TPSA) is 49.4 Å². The minimum absolute atomic E-state index is 0.0365. The fourth-order valence-corrected chi connectivity index (χ4v) is 2.54. The van der Waals surface area contributed by atoms with Crippen LogP contribution in [0.1, 0.15) is 5.56 Å². The van der Waals surface area contributed by atoms with Gasteiger partial charge in [0.05, 0.1) is 11.6 Å². The van der Waals surface area contributed by atoms with Crippen LogP contribution in [0.4, 0.5) is 5.69 Å². The second kappa shape index (κ2) is 5.23. The number of carbonyl (C=O) groups excluding carboxylic acids is 2. The van der Waals surface area contributed by atoms with E-state index in [1.54, 1.807) is 4.90 Å². The van der Waals surface area contributed by atoms with Crippen LogP contribution >= 0.6 is 11.8 Å². The molecule has 0 bridgehead atoms. The Morgan fingerprint density at radius 1 is 1.53 bits per heavy atom. The number of benzene rings is 1. The third-order valence-electron chi connectivity index (χ3n) is 2.46. The standard InChI is InChI=1S/C12H14N2O2S/c1-9-3-2-4-10(5-9)13-11(15)6-14-8-17-7-12(14)16/h2-5H,6-8H2,1H3,(H,13,15). The number of hydrogen-bond donors (Lipinski definition) is 1. The fourth-order valence-electron chi connectivity index (χ4n) is 1.64. The van der Waals surface area contributed by atoms with Gasteiger partial charge < -0.3 is 10.2 Å². The monoisotopic (exact) mass is 250 g/mol. The molecular formula is C12H14N2O2S. The molecule has 1 N–H and O–H groups in total. The van der Waals surface area contributed by atoms with E-state index < -0.39 is 0 Å². The Balaban J connectivity index is 1.91. The number of carbonyl (C=O) groups is 2. The Morgan fingerprint density at radius 3 is 3.00 bits per heavy atom. The highest BCUT2D eigenvalue weighted by Gasteiger charge is 2.22. The molecule has 0 saturated carbocycles. The molecule has 0 atom stereocenters. The maximum Gasteiger partial charge on any atom is 0.244 e. The predicted molar refractivity (Wildman–Crippen MR) is 68.8 cm³/mol. The highest BCUT2D eigenvalue weighted by molar-refractivity contribution is 8.00. The largest absolute Gasteiger partial charge is 0.325 e. The van der Waals surface area contributed by atoms with E-state index in [0.29, 0.717) is 11.6 Å². The van der Waals surface area contributed by atoms with Crippen LogP contribution in [0, 0.1) is 6.92 Å². The second-order valence-electron chi connectivity index (χ2n) is 3.99. The molecule has 1 aliphatic heterocycles. The first-order valence-corrected chi connectivity index (χ1v) is 6.52. The molecule has 90 valence electrons. The summed E-state index contributed by atoms with van der Waals surface area (Å²) in [5.41, 5.74) is 1.87. The first kappa shape index (κ1) is 12.0. The van der Waals surface area contributed by atoms with Gasteiger partial charge in [-0.1, -0.05) is 12.1 Å². The zero-order chi connectivity index (χ0) is 12.3. The highest BCUT2D eigenvalue weighted by Crippen LogP contribution is 2.15. The summed E-state index contributed by atoms with van der Waals surface area (Å²) >= 11 is 1.54. The van der Waals surface area contributed by atoms with E-state index in [1.807, 2.05) is 31.2 Å². The quantitative estimate of drug-likeness (QED) is 0.883. The first-order chi connectivity index (χ1) is 8.15. The van der Waals surface area contributed by atoms with Gasteiger partial charge in [-0.3, -0.25) is 9.59 Å². The molecule has 1 saturated heterocycles. The van der Waals surface area contributed by atoms with E-state index in [9.17, 15) is 9.59 Å². The molecule has 17 heavy (non-hydrogen) atoms. The average Bonchev–Trinajstić information content (AvgIpc) is 2.64. The molecule has 1 aromatic rings. The van der Waals surface area contributed by atoms with Crippen molar-refractivity contribution in [3.05, 3.63) is 29.8 Å². The maximum atomic E-state index is 11.7. The summed E-state index contributed by atoms with van der Waals surface area (Å²) in [6.45, 7) is 2.11. The van der Waals surface area contributed by atoms with Gasteiger partial charge in [-0.2, -0.15) is 0 Å². The third-order valence-corrected chi connectivity index (χ3v) is 3.41. The highest BCUT2D eigenvalue weighted by atomic mass is 32.2. The van der Waals surface area contributed by atoms with E-state index >= 15 is 0 Å². The number of rotatable bonds is 3. The van der Waals surface area contributed by atoms with Gasteiger partial charge in [-0.05, 0) is 24.6 Å². The lowest BCUT2D eigenvalue weighted by molar-refractivity contribution is -0.130. The summed E-state index contributed by atoms with van der Waals surface area (Å²) in [6.07, 6.45) is 0. The van der Waals surface area contributed by atoms with E-state index in [-0.39, 0.29) is 18.4 Å². The summed E-state index contributed by atoms with van der Waals surface area (Å²) in [4.78, 5) is 24.6. The number of nitrogens with zero attached hydrogens (tertiary/aromatic N) is 1. The van der Waals surface area contributed by atoms with E-state index in [2.05, 4.69) is 5.32 Å². The molecule has 0 aromatic heterocycles. The maximum absolute atomic E-state index is 11.7. The van der Waals surface area contributed by atoms with Crippen molar-refractivity contribution >= 4 is 29.3 Å². The Kier molecular flexibility index (Phi) is 3.68. The summed E-state index contributed by atoms with van der Waals surface area (Å²) in [7, 11) is 0. The molecule has 1 heterocycles. The first-order valence-electron chi connectivity index (χ1n) is 5.37. The molecule has 1 fully saturated rings. The molecule has 0 spiro atoms. The van der Waals surface area contributed by atoms with E-state index in [1.165, 1.54) is 11.8 Å². The van der Waals surface area contributed by atoms with Crippen molar-refractivity contribution in [2.75, 3.05) is 23.5 Å². The Bertz CT molecular complexity index is 448. The van der Waals surface area contributed by atoms with Crippen molar-refractivity contribution in [2.24, 2.45) is 0 Å². The Morgan fingerprint density at radius 2 is 2.35 bits per heavy atom. The van der Waals surface area contributed by atoms with Crippen LogP contribution in [0.3, 0.4) is 0 Å². The fraction of sp³-hybridized carbons (Fsp3) is 0.333. The van der Waals surface area contributed by atoms with Crippen molar-refractivity contribution in [2.45, 2.75) is 6.92 Å². The SMILES string of the molecule is Cc1cccc(NC(=O)CN2CSCC2=O)c1. The molecule has 0 aliphatic carbocycles. The summed E-state index contributed by atoms with van der Waals surface area (Å²) in [5, 5.41) is 2.79. The lowest BCUT2D eigenvalue weighted by atomic mass is 10.2. The average molecular weight is 250 g/mol. The van der Waals surface area contributed by atoms with Crippen molar-refractivity contribution in [3.8, 4) is 0 Å². The van der Waals surface area contributed by atoms with Gasteiger partial charge in [-0.25, -0.2) is 0 Å². The van der Waals surface area contributed by atoms with E-state index in [0.717, 1.165) is 11.3 Å². The third kappa shape index (κ3) is 3.23. The smallest absolute Gasteiger partial charge is 0.244 e. The molecule has 4 nitrogen and oxygen atoms in total. The van der Waals surface area contributed by atoms with Gasteiger partial charge in [0.15, 0.2) is 0 Å². The Hall–Kier alpha value is -1.49. The zero-order valence-corrected chi connectivity index (χ0v) is 10.4. The number of anilines is 1. The minimum atomic E-state index is -0.147. The molecule has 5 heteroatoms. The molecule has 1 aromatic carbocycles. The number of hydrogen-bond acceptors (Lipinski definition) is 3. The van der Waals surface area contributed by atoms with Gasteiger partial charge in [-0.15, -0.1) is 11.8 Å². The van der Waals surface area contributed by atoms with E-state index in [4.69, 9.17) is 0 Å². The number of nitrogens with one attached hydrogen (secondary N) is 1. The van der Waals surface area contributed by atoms with Crippen LogP contribution in [-0.2, 0) is 9.59 Å². The van der Waals surface area contributed by atoms with Crippen LogP contribution in [0.2, 0.25) is 0 Å². The van der Waals surface area contributed by atoms with Crippen molar-refractivity contribution in [3.63, 3.8) is 0 Å². The molecule has 0 radical (unpaired) electrons. The zero-order valence-electron chi connectivity index (χ0n) is 9.60. The number of aryl methyl sites for hydroxylation is 1. The minimum Gasteiger partial charge on any atom is -0.325 e. The second-order valence-corrected chi connectivity index (χ2v) is 4.94. The summed E-state index contributed by atoms with van der Waals surface area (Å²) in [6, 6.07) is 7.60. The molecule has 0 unspecified atom stereocenters. The van der Waals surface area contributed by atoms with Crippen LogP contribution in [0.25, 0.3) is 0 Å². The van der Waals surface area contributed by atoms with Crippen molar-refractivity contribution in [1.29, 1.82) is 0 Å². The van der Waals surface area contributed by atoms with Crippen LogP contribution < -0.4 is 5.32 Å². The lowest BCUT2D eigenvalue weighted by Gasteiger charge is -2.14. The van der Waals surface area contributed by atoms with Crippen LogP contribution in [-0.4, -0.2) is 34.9 Å². The van der Waals surface area contributed by atoms with Gasteiger partial charge in [0.1, 0.15) is 6.54 Å². The summed E-state index contributed by atoms with van der Waals surface area (Å²) < 4.78 is 0. The molecule has 2 amide bonds. The summed E-state index contributed by atoms with van der Waals surface area (Å²) in [5.74, 6) is 0.985. The van der Waals surface area contributed by atoms with Gasteiger partial charge in [0, 0.05) is 5.69 Å². The van der Waals surface area contributed by atoms with Crippen molar-refractivity contribution in [1.82, 2.24) is 4.90 Å². The van der Waals surface area contributed by atoms with Crippen molar-refractivity contribution < 1.29 is 9.59 Å². The molecular weight excluding hydrogens is 236 g/mol. The number of amides is 2. The Labute approximate surface area is 104 Å². The number of thioether (sulfide) groups is 1. The van der Waals surface area contributed by atoms with Gasteiger partial charge >= 0.3 is 0 Å². The van der Waals surface area contributed by atoms with Crippen LogP contribution in [0.15, 0.2) is 24.3 Å². The van der Waals surface area contributed by atoms with Crippen LogP contribution in [0.5, 0.6) is 0 Å². The molecule has 1 aliphatic rings. The van der Waals surface area contributed by atoms with Gasteiger partial charge in [0.2, 0.25) is 11.8 Å². The van der Waals surface area contributed by atoms with Gasteiger partial charge in [0.25, 0.3) is 0 Å². The lowest BCUT2D eigenvalue weighted by Crippen LogP contribution is -2.34. The molecule has 2 rings (SSSR count).